The van der Waals surface area contributed by atoms with E-state index < -0.39 is 0 Å². The number of nitrogens with zero attached hydrogens (tertiary/aromatic N) is 1. The number of carbonyl (C=O) groups is 1. The van der Waals surface area contributed by atoms with Gasteiger partial charge in [-0.15, -0.1) is 0 Å². The van der Waals surface area contributed by atoms with E-state index in [1.807, 2.05) is 44.2 Å². The first-order valence-electron chi connectivity index (χ1n) is 6.90. The fraction of sp³-hybridized carbons (Fsp3) is 0.222. The number of amides is 1. The first-order valence-corrected chi connectivity index (χ1v) is 6.90. The van der Waals surface area contributed by atoms with Crippen molar-refractivity contribution in [1.29, 1.82) is 5.26 Å². The van der Waals surface area contributed by atoms with Gasteiger partial charge in [-0.05, 0) is 42.7 Å². The second kappa shape index (κ2) is 6.71. The van der Waals surface area contributed by atoms with Crippen molar-refractivity contribution in [1.82, 2.24) is 5.32 Å². The van der Waals surface area contributed by atoms with Crippen LogP contribution in [0.5, 0.6) is 0 Å². The lowest BCUT2D eigenvalue weighted by Gasteiger charge is -2.08. The molecule has 21 heavy (non-hydrogen) atoms. The molecule has 0 aliphatic rings. The molecule has 1 N–H and O–H groups in total. The van der Waals surface area contributed by atoms with Crippen LogP contribution in [0.25, 0.3) is 0 Å². The van der Waals surface area contributed by atoms with Gasteiger partial charge in [-0.2, -0.15) is 5.26 Å². The highest BCUT2D eigenvalue weighted by Gasteiger charge is 2.06. The van der Waals surface area contributed by atoms with Gasteiger partial charge >= 0.3 is 0 Å². The Morgan fingerprint density at radius 2 is 2.00 bits per heavy atom. The summed E-state index contributed by atoms with van der Waals surface area (Å²) in [7, 11) is 0. The van der Waals surface area contributed by atoms with Gasteiger partial charge in [-0.1, -0.05) is 35.9 Å². The van der Waals surface area contributed by atoms with Crippen LogP contribution in [0.15, 0.2) is 42.5 Å². The Balaban J connectivity index is 1.96. The van der Waals surface area contributed by atoms with Gasteiger partial charge in [0.2, 0.25) is 5.91 Å². The van der Waals surface area contributed by atoms with Crippen LogP contribution >= 0.6 is 0 Å². The molecule has 0 fully saturated rings. The van der Waals surface area contributed by atoms with E-state index in [0.717, 1.165) is 22.3 Å². The molecule has 0 atom stereocenters. The molecule has 106 valence electrons. The maximum Gasteiger partial charge on any atom is 0.224 e. The van der Waals surface area contributed by atoms with Crippen LogP contribution < -0.4 is 5.32 Å². The van der Waals surface area contributed by atoms with Crippen LogP contribution in [0.1, 0.15) is 27.8 Å². The lowest BCUT2D eigenvalue weighted by Crippen LogP contribution is -2.24. The van der Waals surface area contributed by atoms with Gasteiger partial charge in [-0.25, -0.2) is 0 Å². The van der Waals surface area contributed by atoms with Crippen LogP contribution in [0.3, 0.4) is 0 Å². The number of benzene rings is 2. The van der Waals surface area contributed by atoms with Gasteiger partial charge in [0.1, 0.15) is 0 Å². The van der Waals surface area contributed by atoms with E-state index in [-0.39, 0.29) is 5.91 Å². The molecule has 0 aliphatic heterocycles. The van der Waals surface area contributed by atoms with Gasteiger partial charge in [-0.3, -0.25) is 4.79 Å². The summed E-state index contributed by atoms with van der Waals surface area (Å²) in [6.45, 7) is 4.48. The van der Waals surface area contributed by atoms with E-state index in [2.05, 4.69) is 11.4 Å². The minimum absolute atomic E-state index is 0.00828. The summed E-state index contributed by atoms with van der Waals surface area (Å²) in [6, 6.07) is 15.5. The van der Waals surface area contributed by atoms with E-state index in [1.165, 1.54) is 0 Å². The summed E-state index contributed by atoms with van der Waals surface area (Å²) in [5.41, 5.74) is 4.88. The average Bonchev–Trinajstić information content (AvgIpc) is 2.49. The van der Waals surface area contributed by atoms with Gasteiger partial charge in [0.05, 0.1) is 18.1 Å². The molecule has 0 bridgehead atoms. The Morgan fingerprint density at radius 1 is 1.19 bits per heavy atom. The minimum Gasteiger partial charge on any atom is -0.352 e. The summed E-state index contributed by atoms with van der Waals surface area (Å²) in [5.74, 6) is -0.00828. The van der Waals surface area contributed by atoms with Crippen LogP contribution in [-0.2, 0) is 17.8 Å². The fourth-order valence-electron chi connectivity index (χ4n) is 2.18. The molecule has 2 aromatic rings. The van der Waals surface area contributed by atoms with Crippen molar-refractivity contribution in [2.45, 2.75) is 26.8 Å². The van der Waals surface area contributed by atoms with Gasteiger partial charge < -0.3 is 5.32 Å². The van der Waals surface area contributed by atoms with Crippen molar-refractivity contribution >= 4 is 5.91 Å². The van der Waals surface area contributed by atoms with Crippen LogP contribution in [0.2, 0.25) is 0 Å². The quantitative estimate of drug-likeness (QED) is 0.934. The minimum atomic E-state index is -0.00828. The molecule has 0 aliphatic carbocycles. The Labute approximate surface area is 125 Å². The van der Waals surface area contributed by atoms with Crippen LogP contribution in [0.4, 0.5) is 0 Å². The van der Waals surface area contributed by atoms with Crippen molar-refractivity contribution in [3.8, 4) is 6.07 Å². The molecule has 0 unspecified atom stereocenters. The molecular formula is C18H18N2O. The molecule has 0 saturated heterocycles. The number of hydrogen-bond acceptors (Lipinski definition) is 2. The monoisotopic (exact) mass is 278 g/mol. The normalized spacial score (nSPS) is 9.95. The third-order valence-corrected chi connectivity index (χ3v) is 3.40. The highest BCUT2D eigenvalue weighted by Crippen LogP contribution is 2.11. The molecule has 0 aromatic heterocycles. The van der Waals surface area contributed by atoms with Crippen molar-refractivity contribution in [3.63, 3.8) is 0 Å². The predicted molar refractivity (Wildman–Crippen MR) is 82.6 cm³/mol. The molecular weight excluding hydrogens is 260 g/mol. The average molecular weight is 278 g/mol. The summed E-state index contributed by atoms with van der Waals surface area (Å²) in [4.78, 5) is 12.0. The topological polar surface area (TPSA) is 52.9 Å². The SMILES string of the molecule is Cc1ccc(C)c(CC(=O)NCc2cccc(C#N)c2)c1. The standard InChI is InChI=1S/C18H18N2O/c1-13-6-7-14(2)17(8-13)10-18(21)20-12-16-5-3-4-15(9-16)11-19/h3-9H,10,12H2,1-2H3,(H,20,21). The molecule has 0 radical (unpaired) electrons. The first-order chi connectivity index (χ1) is 10.1. The smallest absolute Gasteiger partial charge is 0.224 e. The predicted octanol–water partition coefficient (Wildman–Crippen LogP) is 3.03. The zero-order chi connectivity index (χ0) is 15.2. The molecule has 3 nitrogen and oxygen atoms in total. The van der Waals surface area contributed by atoms with E-state index >= 15 is 0 Å². The zero-order valence-corrected chi connectivity index (χ0v) is 12.3. The van der Waals surface area contributed by atoms with Crippen LogP contribution in [0, 0.1) is 25.2 Å². The van der Waals surface area contributed by atoms with Gasteiger partial charge in [0.25, 0.3) is 0 Å². The summed E-state index contributed by atoms with van der Waals surface area (Å²) in [5, 5.41) is 11.8. The molecule has 0 heterocycles. The largest absolute Gasteiger partial charge is 0.352 e. The first kappa shape index (κ1) is 14.8. The maximum atomic E-state index is 12.0. The highest BCUT2D eigenvalue weighted by atomic mass is 16.1. The van der Waals surface area contributed by atoms with Gasteiger partial charge in [0, 0.05) is 6.54 Å². The third-order valence-electron chi connectivity index (χ3n) is 3.40. The molecule has 2 rings (SSSR count). The van der Waals surface area contributed by atoms with E-state index in [9.17, 15) is 4.79 Å². The second-order valence-corrected chi connectivity index (χ2v) is 5.20. The van der Waals surface area contributed by atoms with E-state index in [0.29, 0.717) is 18.5 Å². The Kier molecular flexibility index (Phi) is 4.73. The van der Waals surface area contributed by atoms with Gasteiger partial charge in [0.15, 0.2) is 0 Å². The number of nitriles is 1. The molecule has 1 amide bonds. The van der Waals surface area contributed by atoms with Crippen molar-refractivity contribution in [2.24, 2.45) is 0 Å². The van der Waals surface area contributed by atoms with Crippen molar-refractivity contribution in [2.75, 3.05) is 0 Å². The zero-order valence-electron chi connectivity index (χ0n) is 12.3. The lowest BCUT2D eigenvalue weighted by molar-refractivity contribution is -0.120. The number of rotatable bonds is 4. The molecule has 0 saturated carbocycles. The fourth-order valence-corrected chi connectivity index (χ4v) is 2.18. The van der Waals surface area contributed by atoms with Crippen LogP contribution in [-0.4, -0.2) is 5.91 Å². The summed E-state index contributed by atoms with van der Waals surface area (Å²) >= 11 is 0. The lowest BCUT2D eigenvalue weighted by atomic mass is 10.0. The van der Waals surface area contributed by atoms with Crippen molar-refractivity contribution < 1.29 is 4.79 Å². The molecule has 2 aromatic carbocycles. The second-order valence-electron chi connectivity index (χ2n) is 5.20. The Bertz CT molecular complexity index is 699. The summed E-state index contributed by atoms with van der Waals surface area (Å²) in [6.07, 6.45) is 0.380. The molecule has 3 heteroatoms. The number of carbonyl (C=O) groups excluding carboxylic acids is 1. The number of aryl methyl sites for hydroxylation is 2. The Morgan fingerprint density at radius 3 is 2.76 bits per heavy atom. The highest BCUT2D eigenvalue weighted by molar-refractivity contribution is 5.79. The summed E-state index contributed by atoms with van der Waals surface area (Å²) < 4.78 is 0. The molecule has 0 spiro atoms. The number of hydrogen-bond donors (Lipinski definition) is 1. The third kappa shape index (κ3) is 4.19. The van der Waals surface area contributed by atoms with Crippen molar-refractivity contribution in [3.05, 3.63) is 70.3 Å². The van der Waals surface area contributed by atoms with E-state index in [4.69, 9.17) is 5.26 Å². The Hall–Kier alpha value is -2.60. The van der Waals surface area contributed by atoms with E-state index in [1.54, 1.807) is 12.1 Å². The maximum absolute atomic E-state index is 12.0. The number of nitrogens with one attached hydrogen (secondary N) is 1.